The Labute approximate surface area is 144 Å². The first-order chi connectivity index (χ1) is 11.4. The van der Waals surface area contributed by atoms with Crippen LogP contribution in [0.25, 0.3) is 0 Å². The van der Waals surface area contributed by atoms with Gasteiger partial charge in [0.15, 0.2) is 0 Å². The van der Waals surface area contributed by atoms with E-state index in [1.165, 1.54) is 5.56 Å². The fourth-order valence-corrected chi connectivity index (χ4v) is 2.95. The van der Waals surface area contributed by atoms with Gasteiger partial charge >= 0.3 is 6.09 Å². The third-order valence-corrected chi connectivity index (χ3v) is 4.03. The number of carbonyl (C=O) groups is 1. The van der Waals surface area contributed by atoms with Crippen molar-refractivity contribution in [2.75, 3.05) is 19.6 Å². The van der Waals surface area contributed by atoms with Gasteiger partial charge in [-0.15, -0.1) is 0 Å². The van der Waals surface area contributed by atoms with E-state index in [1.807, 2.05) is 45.0 Å². The second-order valence-electron chi connectivity index (χ2n) is 7.43. The molecule has 1 N–H and O–H groups in total. The second-order valence-corrected chi connectivity index (χ2v) is 7.43. The third-order valence-electron chi connectivity index (χ3n) is 4.03. The minimum Gasteiger partial charge on any atom is -0.444 e. The molecule has 0 spiro atoms. The van der Waals surface area contributed by atoms with Crippen LogP contribution in [0, 0.1) is 17.2 Å². The molecule has 1 atom stereocenters. The fourth-order valence-electron chi connectivity index (χ4n) is 2.95. The van der Waals surface area contributed by atoms with Gasteiger partial charge in [0.05, 0.1) is 11.6 Å². The van der Waals surface area contributed by atoms with E-state index in [4.69, 9.17) is 10.00 Å². The Balaban J connectivity index is 1.79. The van der Waals surface area contributed by atoms with E-state index in [-0.39, 0.29) is 6.09 Å². The largest absolute Gasteiger partial charge is 0.444 e. The SMILES string of the molecule is CC(C)(C)OC(=O)NC[C@@H]1CCCN(Cc2ccc(C#N)cc2)C1. The zero-order chi connectivity index (χ0) is 17.6. The van der Waals surface area contributed by atoms with Gasteiger partial charge in [-0.25, -0.2) is 4.79 Å². The highest BCUT2D eigenvalue weighted by atomic mass is 16.6. The molecular formula is C19H27N3O2. The lowest BCUT2D eigenvalue weighted by molar-refractivity contribution is 0.0506. The molecule has 0 aromatic heterocycles. The van der Waals surface area contributed by atoms with Gasteiger partial charge < -0.3 is 10.1 Å². The number of ether oxygens (including phenoxy) is 1. The van der Waals surface area contributed by atoms with E-state index in [0.717, 1.165) is 32.5 Å². The van der Waals surface area contributed by atoms with Crippen molar-refractivity contribution in [3.05, 3.63) is 35.4 Å². The van der Waals surface area contributed by atoms with Gasteiger partial charge in [0.25, 0.3) is 0 Å². The summed E-state index contributed by atoms with van der Waals surface area (Å²) in [7, 11) is 0. The Morgan fingerprint density at radius 2 is 2.08 bits per heavy atom. The number of rotatable bonds is 4. The molecule has 0 radical (unpaired) electrons. The van der Waals surface area contributed by atoms with Crippen molar-refractivity contribution in [1.82, 2.24) is 10.2 Å². The smallest absolute Gasteiger partial charge is 0.407 e. The molecule has 1 aliphatic heterocycles. The van der Waals surface area contributed by atoms with E-state index in [0.29, 0.717) is 18.0 Å². The van der Waals surface area contributed by atoms with Gasteiger partial charge in [-0.3, -0.25) is 4.90 Å². The van der Waals surface area contributed by atoms with Crippen LogP contribution in [0.5, 0.6) is 0 Å². The molecule has 1 aliphatic rings. The quantitative estimate of drug-likeness (QED) is 0.920. The number of nitrogens with zero attached hydrogens (tertiary/aromatic N) is 2. The van der Waals surface area contributed by atoms with Crippen LogP contribution in [-0.2, 0) is 11.3 Å². The number of hydrogen-bond donors (Lipinski definition) is 1. The van der Waals surface area contributed by atoms with E-state index in [1.54, 1.807) is 0 Å². The molecule has 5 nitrogen and oxygen atoms in total. The summed E-state index contributed by atoms with van der Waals surface area (Å²) in [5.41, 5.74) is 1.45. The molecule has 1 aromatic rings. The Morgan fingerprint density at radius 1 is 1.38 bits per heavy atom. The van der Waals surface area contributed by atoms with Gasteiger partial charge in [0, 0.05) is 19.6 Å². The molecule has 1 saturated heterocycles. The van der Waals surface area contributed by atoms with E-state index in [2.05, 4.69) is 16.3 Å². The topological polar surface area (TPSA) is 65.4 Å². The molecule has 130 valence electrons. The number of carbonyl (C=O) groups excluding carboxylic acids is 1. The Bertz CT molecular complexity index is 584. The number of nitrogens with one attached hydrogen (secondary N) is 1. The van der Waals surface area contributed by atoms with Crippen molar-refractivity contribution in [3.63, 3.8) is 0 Å². The van der Waals surface area contributed by atoms with Crippen LogP contribution in [-0.4, -0.2) is 36.2 Å². The summed E-state index contributed by atoms with van der Waals surface area (Å²) in [5, 5.41) is 11.7. The zero-order valence-corrected chi connectivity index (χ0v) is 14.8. The third kappa shape index (κ3) is 6.21. The van der Waals surface area contributed by atoms with Crippen molar-refractivity contribution in [2.24, 2.45) is 5.92 Å². The predicted octanol–water partition coefficient (Wildman–Crippen LogP) is 3.29. The van der Waals surface area contributed by atoms with Gasteiger partial charge in [-0.1, -0.05) is 12.1 Å². The fraction of sp³-hybridized carbons (Fsp3) is 0.579. The molecule has 1 fully saturated rings. The van der Waals surface area contributed by atoms with Crippen LogP contribution in [0.2, 0.25) is 0 Å². The van der Waals surface area contributed by atoms with E-state index < -0.39 is 5.60 Å². The van der Waals surface area contributed by atoms with Crippen LogP contribution in [0.1, 0.15) is 44.7 Å². The maximum Gasteiger partial charge on any atom is 0.407 e. The standard InChI is InChI=1S/C19H27N3O2/c1-19(2,3)24-18(23)21-12-17-5-4-10-22(14-17)13-16-8-6-15(11-20)7-9-16/h6-9,17H,4-5,10,12-14H2,1-3H3,(H,21,23)/t17-/m0/s1. The highest BCUT2D eigenvalue weighted by Gasteiger charge is 2.22. The average Bonchev–Trinajstić information content (AvgIpc) is 2.52. The number of piperidine rings is 1. The minimum atomic E-state index is -0.460. The summed E-state index contributed by atoms with van der Waals surface area (Å²) >= 11 is 0. The molecule has 0 aliphatic carbocycles. The Morgan fingerprint density at radius 3 is 2.71 bits per heavy atom. The van der Waals surface area contributed by atoms with Crippen molar-refractivity contribution in [1.29, 1.82) is 5.26 Å². The molecule has 2 rings (SSSR count). The molecule has 24 heavy (non-hydrogen) atoms. The van der Waals surface area contributed by atoms with E-state index >= 15 is 0 Å². The second kappa shape index (κ2) is 8.16. The Hall–Kier alpha value is -2.06. The van der Waals surface area contributed by atoms with Crippen LogP contribution in [0.4, 0.5) is 4.79 Å². The number of alkyl carbamates (subject to hydrolysis) is 1. The number of amides is 1. The summed E-state index contributed by atoms with van der Waals surface area (Å²) in [4.78, 5) is 14.2. The molecule has 0 bridgehead atoms. The number of likely N-dealkylation sites (tertiary alicyclic amines) is 1. The summed E-state index contributed by atoms with van der Waals surface area (Å²) in [6.07, 6.45) is 1.92. The molecule has 1 amide bonds. The van der Waals surface area contributed by atoms with Crippen LogP contribution in [0.3, 0.4) is 0 Å². The van der Waals surface area contributed by atoms with Gasteiger partial charge in [0.1, 0.15) is 5.60 Å². The van der Waals surface area contributed by atoms with Crippen LogP contribution in [0.15, 0.2) is 24.3 Å². The summed E-state index contributed by atoms with van der Waals surface area (Å²) in [6.45, 7) is 9.18. The van der Waals surface area contributed by atoms with Gasteiger partial charge in [0.2, 0.25) is 0 Å². The highest BCUT2D eigenvalue weighted by molar-refractivity contribution is 5.67. The Kier molecular flexibility index (Phi) is 6.22. The maximum atomic E-state index is 11.8. The normalized spacial score (nSPS) is 18.7. The molecular weight excluding hydrogens is 302 g/mol. The van der Waals surface area contributed by atoms with Gasteiger partial charge in [-0.2, -0.15) is 5.26 Å². The lowest BCUT2D eigenvalue weighted by Gasteiger charge is -2.33. The van der Waals surface area contributed by atoms with Crippen LogP contribution >= 0.6 is 0 Å². The lowest BCUT2D eigenvalue weighted by Crippen LogP contribution is -2.41. The first-order valence-electron chi connectivity index (χ1n) is 8.54. The molecule has 0 saturated carbocycles. The minimum absolute atomic E-state index is 0.341. The van der Waals surface area contributed by atoms with Crippen molar-refractivity contribution < 1.29 is 9.53 Å². The first-order valence-corrected chi connectivity index (χ1v) is 8.54. The molecule has 0 unspecified atom stereocenters. The van der Waals surface area contributed by atoms with Crippen molar-refractivity contribution in [2.45, 2.75) is 45.8 Å². The monoisotopic (exact) mass is 329 g/mol. The molecule has 1 heterocycles. The number of nitriles is 1. The number of benzene rings is 1. The summed E-state index contributed by atoms with van der Waals surface area (Å²) in [5.74, 6) is 0.449. The maximum absolute atomic E-state index is 11.8. The van der Waals surface area contributed by atoms with Crippen molar-refractivity contribution in [3.8, 4) is 6.07 Å². The van der Waals surface area contributed by atoms with E-state index in [9.17, 15) is 4.79 Å². The molecule has 1 aromatic carbocycles. The lowest BCUT2D eigenvalue weighted by atomic mass is 9.97. The van der Waals surface area contributed by atoms with Crippen molar-refractivity contribution >= 4 is 6.09 Å². The predicted molar refractivity (Wildman–Crippen MR) is 93.4 cm³/mol. The average molecular weight is 329 g/mol. The highest BCUT2D eigenvalue weighted by Crippen LogP contribution is 2.18. The summed E-state index contributed by atoms with van der Waals surface area (Å²) < 4.78 is 5.28. The number of hydrogen-bond acceptors (Lipinski definition) is 4. The zero-order valence-electron chi connectivity index (χ0n) is 14.8. The molecule has 5 heteroatoms. The first kappa shape index (κ1) is 18.3. The van der Waals surface area contributed by atoms with Gasteiger partial charge in [-0.05, 0) is 63.8 Å². The van der Waals surface area contributed by atoms with Crippen LogP contribution < -0.4 is 5.32 Å². The summed E-state index contributed by atoms with van der Waals surface area (Å²) in [6, 6.07) is 9.90.